The largest absolute Gasteiger partial charge is 0.335 e. The van der Waals surface area contributed by atoms with Gasteiger partial charge < -0.3 is 9.80 Å². The number of hydrogen-bond donors (Lipinski definition) is 0. The zero-order valence-corrected chi connectivity index (χ0v) is 17.3. The molecule has 3 aromatic carbocycles. The zero-order chi connectivity index (χ0) is 21.5. The van der Waals surface area contributed by atoms with Gasteiger partial charge in [0, 0.05) is 24.6 Å². The number of fused-ring (bicyclic) bond motifs is 1. The van der Waals surface area contributed by atoms with E-state index in [1.165, 1.54) is 46.5 Å². The molecule has 4 nitrogen and oxygen atoms in total. The molecular weight excluding hydrogens is 391 g/mol. The summed E-state index contributed by atoms with van der Waals surface area (Å²) >= 11 is 0. The van der Waals surface area contributed by atoms with Gasteiger partial charge in [0.2, 0.25) is 5.91 Å². The predicted octanol–water partition coefficient (Wildman–Crippen LogP) is 4.25. The molecule has 0 saturated carbocycles. The summed E-state index contributed by atoms with van der Waals surface area (Å²) in [4.78, 5) is 28.9. The summed E-state index contributed by atoms with van der Waals surface area (Å²) in [7, 11) is 0. The number of amides is 2. The molecule has 2 amide bonds. The van der Waals surface area contributed by atoms with Crippen LogP contribution in [0.4, 0.5) is 4.39 Å². The van der Waals surface area contributed by atoms with E-state index in [9.17, 15) is 14.0 Å². The molecule has 5 rings (SSSR count). The molecule has 2 saturated heterocycles. The Morgan fingerprint density at radius 3 is 2.35 bits per heavy atom. The summed E-state index contributed by atoms with van der Waals surface area (Å²) in [6.07, 6.45) is 0. The van der Waals surface area contributed by atoms with Gasteiger partial charge in [0.05, 0.1) is 6.04 Å². The first-order chi connectivity index (χ1) is 15.0. The molecule has 0 unspecified atom stereocenters. The Hall–Kier alpha value is -3.47. The zero-order valence-electron chi connectivity index (χ0n) is 17.3. The summed E-state index contributed by atoms with van der Waals surface area (Å²) in [5, 5.41) is 0. The summed E-state index contributed by atoms with van der Waals surface area (Å²) in [5.41, 5.74) is 5.21. The standard InChI is InChI=1S/C26H23FN2O2/c1-17-4-2-3-5-22(17)18-6-8-19(9-7-18)23-14-29-24(23)15-28(16-25(29)30)26(31)20-10-12-21(27)13-11-20/h2-13,23-24H,14-16H2,1H3/t23-,24+/m1/s1. The monoisotopic (exact) mass is 414 g/mol. The minimum atomic E-state index is -0.384. The molecule has 0 bridgehead atoms. The van der Waals surface area contributed by atoms with Gasteiger partial charge in [-0.2, -0.15) is 0 Å². The number of aryl methyl sites for hydroxylation is 1. The Morgan fingerprint density at radius 2 is 1.65 bits per heavy atom. The van der Waals surface area contributed by atoms with Gasteiger partial charge in [0.15, 0.2) is 0 Å². The molecule has 0 aliphatic carbocycles. The van der Waals surface area contributed by atoms with E-state index in [-0.39, 0.29) is 36.1 Å². The highest BCUT2D eigenvalue weighted by Crippen LogP contribution is 2.38. The van der Waals surface area contributed by atoms with Gasteiger partial charge in [0.1, 0.15) is 12.4 Å². The van der Waals surface area contributed by atoms with Gasteiger partial charge in [-0.25, -0.2) is 4.39 Å². The van der Waals surface area contributed by atoms with E-state index in [1.807, 2.05) is 17.0 Å². The normalized spacial score (nSPS) is 20.3. The number of carbonyl (C=O) groups excluding carboxylic acids is 2. The van der Waals surface area contributed by atoms with Crippen LogP contribution in [0.5, 0.6) is 0 Å². The van der Waals surface area contributed by atoms with Crippen molar-refractivity contribution < 1.29 is 14.0 Å². The van der Waals surface area contributed by atoms with E-state index in [1.54, 1.807) is 4.90 Å². The van der Waals surface area contributed by atoms with Crippen LogP contribution in [0.2, 0.25) is 0 Å². The molecule has 0 radical (unpaired) electrons. The average Bonchev–Trinajstić information content (AvgIpc) is 2.76. The van der Waals surface area contributed by atoms with E-state index >= 15 is 0 Å². The third-order valence-electron chi connectivity index (χ3n) is 6.49. The lowest BCUT2D eigenvalue weighted by molar-refractivity contribution is -0.147. The van der Waals surface area contributed by atoms with Crippen LogP contribution in [0.15, 0.2) is 72.8 Å². The van der Waals surface area contributed by atoms with Crippen LogP contribution in [0.3, 0.4) is 0 Å². The molecule has 2 fully saturated rings. The van der Waals surface area contributed by atoms with Crippen LogP contribution in [-0.4, -0.2) is 47.3 Å². The third kappa shape index (κ3) is 3.50. The summed E-state index contributed by atoms with van der Waals surface area (Å²) in [6, 6.07) is 22.3. The predicted molar refractivity (Wildman–Crippen MR) is 117 cm³/mol. The molecule has 31 heavy (non-hydrogen) atoms. The maximum atomic E-state index is 13.2. The molecule has 0 aromatic heterocycles. The van der Waals surface area contributed by atoms with Gasteiger partial charge in [-0.1, -0.05) is 48.5 Å². The molecule has 2 heterocycles. The van der Waals surface area contributed by atoms with Gasteiger partial charge in [0.25, 0.3) is 5.91 Å². The van der Waals surface area contributed by atoms with E-state index in [2.05, 4.69) is 43.3 Å². The van der Waals surface area contributed by atoms with Crippen molar-refractivity contribution in [1.29, 1.82) is 0 Å². The fourth-order valence-corrected chi connectivity index (χ4v) is 4.67. The molecule has 2 atom stereocenters. The fourth-order valence-electron chi connectivity index (χ4n) is 4.67. The Kier molecular flexibility index (Phi) is 4.81. The number of nitrogens with zero attached hydrogens (tertiary/aromatic N) is 2. The number of hydrogen-bond acceptors (Lipinski definition) is 2. The molecule has 0 N–H and O–H groups in total. The van der Waals surface area contributed by atoms with Gasteiger partial charge in [-0.15, -0.1) is 0 Å². The first-order valence-corrected chi connectivity index (χ1v) is 10.5. The lowest BCUT2D eigenvalue weighted by Gasteiger charge is -2.53. The number of piperazine rings is 1. The van der Waals surface area contributed by atoms with Crippen molar-refractivity contribution in [2.45, 2.75) is 18.9 Å². The van der Waals surface area contributed by atoms with E-state index < -0.39 is 0 Å². The second-order valence-corrected chi connectivity index (χ2v) is 8.35. The molecule has 156 valence electrons. The van der Waals surface area contributed by atoms with Crippen LogP contribution in [-0.2, 0) is 4.79 Å². The first-order valence-electron chi connectivity index (χ1n) is 10.5. The van der Waals surface area contributed by atoms with Gasteiger partial charge in [-0.05, 0) is 53.4 Å². The van der Waals surface area contributed by atoms with Crippen LogP contribution in [0.25, 0.3) is 11.1 Å². The Labute approximate surface area is 180 Å². The summed E-state index contributed by atoms with van der Waals surface area (Å²) in [5.74, 6) is -0.433. The smallest absolute Gasteiger partial charge is 0.254 e. The quantitative estimate of drug-likeness (QED) is 0.643. The van der Waals surface area contributed by atoms with Crippen molar-refractivity contribution in [2.24, 2.45) is 0 Å². The van der Waals surface area contributed by atoms with Crippen LogP contribution >= 0.6 is 0 Å². The van der Waals surface area contributed by atoms with Crippen molar-refractivity contribution >= 4 is 11.8 Å². The number of carbonyl (C=O) groups is 2. The molecule has 3 aromatic rings. The molecule has 5 heteroatoms. The van der Waals surface area contributed by atoms with Gasteiger partial charge in [-0.3, -0.25) is 9.59 Å². The maximum Gasteiger partial charge on any atom is 0.254 e. The Balaban J connectivity index is 1.33. The molecule has 2 aliphatic rings. The van der Waals surface area contributed by atoms with Crippen LogP contribution in [0.1, 0.15) is 27.4 Å². The fraction of sp³-hybridized carbons (Fsp3) is 0.231. The average molecular weight is 414 g/mol. The third-order valence-corrected chi connectivity index (χ3v) is 6.49. The molecule has 2 aliphatic heterocycles. The minimum Gasteiger partial charge on any atom is -0.335 e. The SMILES string of the molecule is Cc1ccccc1-c1ccc([C@H]2CN3C(=O)CN(C(=O)c4ccc(F)cc4)C[C@@H]23)cc1. The van der Waals surface area contributed by atoms with E-state index in [0.717, 1.165) is 0 Å². The highest BCUT2D eigenvalue weighted by atomic mass is 19.1. The van der Waals surface area contributed by atoms with Crippen molar-refractivity contribution in [3.8, 4) is 11.1 Å². The van der Waals surface area contributed by atoms with E-state index in [4.69, 9.17) is 0 Å². The Morgan fingerprint density at radius 1 is 0.935 bits per heavy atom. The van der Waals surface area contributed by atoms with Crippen molar-refractivity contribution in [2.75, 3.05) is 19.6 Å². The summed E-state index contributed by atoms with van der Waals surface area (Å²) < 4.78 is 13.2. The number of halogens is 1. The summed E-state index contributed by atoms with van der Waals surface area (Å²) in [6.45, 7) is 3.36. The first kappa shape index (κ1) is 19.5. The second-order valence-electron chi connectivity index (χ2n) is 8.35. The topological polar surface area (TPSA) is 40.6 Å². The second kappa shape index (κ2) is 7.65. The lowest BCUT2D eigenvalue weighted by Crippen LogP contribution is -2.67. The van der Waals surface area contributed by atoms with E-state index in [0.29, 0.717) is 18.7 Å². The molecule has 0 spiro atoms. The van der Waals surface area contributed by atoms with Crippen LogP contribution < -0.4 is 0 Å². The number of benzene rings is 3. The highest BCUT2D eigenvalue weighted by Gasteiger charge is 2.47. The minimum absolute atomic E-state index is 0.0186. The lowest BCUT2D eigenvalue weighted by atomic mass is 9.80. The Bertz CT molecular complexity index is 1140. The maximum absolute atomic E-state index is 13.2. The number of rotatable bonds is 3. The van der Waals surface area contributed by atoms with Crippen molar-refractivity contribution in [1.82, 2.24) is 9.80 Å². The van der Waals surface area contributed by atoms with Crippen LogP contribution in [0, 0.1) is 12.7 Å². The van der Waals surface area contributed by atoms with Gasteiger partial charge >= 0.3 is 0 Å². The van der Waals surface area contributed by atoms with Crippen molar-refractivity contribution in [3.63, 3.8) is 0 Å². The molecular formula is C26H23FN2O2. The highest BCUT2D eigenvalue weighted by molar-refractivity contribution is 5.97. The van der Waals surface area contributed by atoms with Crippen molar-refractivity contribution in [3.05, 3.63) is 95.3 Å².